The topological polar surface area (TPSA) is 79.6 Å². The van der Waals surface area contributed by atoms with Crippen molar-refractivity contribution in [1.29, 1.82) is 5.26 Å². The first kappa shape index (κ1) is 22.4. The van der Waals surface area contributed by atoms with Crippen molar-refractivity contribution in [1.82, 2.24) is 4.90 Å². The van der Waals surface area contributed by atoms with E-state index in [0.29, 0.717) is 30.5 Å². The van der Waals surface area contributed by atoms with E-state index in [-0.39, 0.29) is 24.5 Å². The van der Waals surface area contributed by atoms with Crippen molar-refractivity contribution < 1.29 is 19.1 Å². The molecule has 0 unspecified atom stereocenters. The third-order valence-electron chi connectivity index (χ3n) is 5.73. The van der Waals surface area contributed by atoms with Crippen LogP contribution in [0.15, 0.2) is 48.5 Å². The molecule has 1 saturated heterocycles. The van der Waals surface area contributed by atoms with Gasteiger partial charge in [0.15, 0.2) is 0 Å². The van der Waals surface area contributed by atoms with Crippen molar-refractivity contribution in [3.8, 4) is 11.8 Å². The van der Waals surface area contributed by atoms with E-state index in [1.165, 1.54) is 0 Å². The molecule has 6 nitrogen and oxygen atoms in total. The number of hydrogen-bond acceptors (Lipinski definition) is 5. The number of carbonyl (C=O) groups is 2. The first-order valence-corrected chi connectivity index (χ1v) is 10.7. The average molecular weight is 421 g/mol. The van der Waals surface area contributed by atoms with Gasteiger partial charge in [-0.3, -0.25) is 9.59 Å². The van der Waals surface area contributed by atoms with E-state index in [9.17, 15) is 14.9 Å². The summed E-state index contributed by atoms with van der Waals surface area (Å²) in [4.78, 5) is 27.7. The quantitative estimate of drug-likeness (QED) is 0.592. The molecule has 3 rings (SSSR count). The van der Waals surface area contributed by atoms with E-state index in [4.69, 9.17) is 9.47 Å². The van der Waals surface area contributed by atoms with Crippen molar-refractivity contribution in [2.24, 2.45) is 5.92 Å². The highest BCUT2D eigenvalue weighted by molar-refractivity contribution is 5.82. The molecule has 1 heterocycles. The fraction of sp³-hybridized carbons (Fsp3) is 0.400. The normalized spacial score (nSPS) is 18.4. The molecule has 0 spiro atoms. The van der Waals surface area contributed by atoms with Crippen molar-refractivity contribution in [3.63, 3.8) is 0 Å². The Bertz CT molecular complexity index is 949. The Morgan fingerprint density at radius 3 is 2.61 bits per heavy atom. The van der Waals surface area contributed by atoms with Crippen molar-refractivity contribution >= 4 is 11.9 Å². The van der Waals surface area contributed by atoms with E-state index < -0.39 is 5.92 Å². The van der Waals surface area contributed by atoms with E-state index in [2.05, 4.69) is 13.0 Å². The summed E-state index contributed by atoms with van der Waals surface area (Å²) < 4.78 is 10.9. The third-order valence-corrected chi connectivity index (χ3v) is 5.73. The molecule has 0 aromatic heterocycles. The molecular weight excluding hydrogens is 392 g/mol. The van der Waals surface area contributed by atoms with Crippen LogP contribution in [0, 0.1) is 17.2 Å². The number of nitrogens with zero attached hydrogens (tertiary/aromatic N) is 2. The molecule has 2 atom stereocenters. The number of benzene rings is 2. The maximum atomic E-state index is 13.1. The first-order chi connectivity index (χ1) is 15.1. The molecule has 1 aliphatic heterocycles. The van der Waals surface area contributed by atoms with Gasteiger partial charge in [-0.05, 0) is 36.6 Å². The lowest BCUT2D eigenvalue weighted by Crippen LogP contribution is -2.46. The smallest absolute Gasteiger partial charge is 0.311 e. The Labute approximate surface area is 183 Å². The summed E-state index contributed by atoms with van der Waals surface area (Å²) in [5, 5.41) is 9.27. The van der Waals surface area contributed by atoms with Gasteiger partial charge in [-0.15, -0.1) is 0 Å². The van der Waals surface area contributed by atoms with Gasteiger partial charge in [0, 0.05) is 18.5 Å². The summed E-state index contributed by atoms with van der Waals surface area (Å²) in [5.74, 6) is -0.0221. The molecule has 2 aromatic carbocycles. The molecule has 6 heteroatoms. The van der Waals surface area contributed by atoms with Crippen LogP contribution in [0.5, 0.6) is 5.75 Å². The van der Waals surface area contributed by atoms with Crippen LogP contribution in [0.4, 0.5) is 0 Å². The number of rotatable bonds is 8. The zero-order chi connectivity index (χ0) is 22.2. The molecule has 0 radical (unpaired) electrons. The third kappa shape index (κ3) is 5.24. The standard InChI is InChI=1S/C25H28N2O4/c1-3-4-15-27-23(28)14-13-22(24(27)18-9-11-21(30-2)12-10-18)25(29)31-17-20-8-6-5-7-19(20)16-26/h5-12,22,24H,3-4,13-15,17H2,1-2H3/t22-,24+/m1/s1. The molecule has 1 amide bonds. The highest BCUT2D eigenvalue weighted by Crippen LogP contribution is 2.38. The number of amides is 1. The van der Waals surface area contributed by atoms with Gasteiger partial charge in [0.1, 0.15) is 12.4 Å². The van der Waals surface area contributed by atoms with Crippen LogP contribution in [-0.2, 0) is 20.9 Å². The van der Waals surface area contributed by atoms with Crippen LogP contribution in [0.2, 0.25) is 0 Å². The van der Waals surface area contributed by atoms with Crippen LogP contribution in [0.1, 0.15) is 55.3 Å². The van der Waals surface area contributed by atoms with Gasteiger partial charge >= 0.3 is 5.97 Å². The lowest BCUT2D eigenvalue weighted by Gasteiger charge is -2.40. The molecule has 0 aliphatic carbocycles. The summed E-state index contributed by atoms with van der Waals surface area (Å²) in [5.41, 5.74) is 2.06. The SMILES string of the molecule is CCCCN1C(=O)CC[C@@H](C(=O)OCc2ccccc2C#N)[C@@H]1c1ccc(OC)cc1. The van der Waals surface area contributed by atoms with Crippen molar-refractivity contribution in [3.05, 3.63) is 65.2 Å². The minimum absolute atomic E-state index is 0.0390. The number of nitriles is 1. The molecule has 1 fully saturated rings. The van der Waals surface area contributed by atoms with Crippen LogP contribution in [0.25, 0.3) is 0 Å². The lowest BCUT2D eigenvalue weighted by molar-refractivity contribution is -0.158. The lowest BCUT2D eigenvalue weighted by atomic mass is 9.84. The number of unbranched alkanes of at least 4 members (excludes halogenated alkanes) is 1. The Hall–Kier alpha value is -3.33. The zero-order valence-electron chi connectivity index (χ0n) is 18.0. The molecule has 2 aromatic rings. The minimum Gasteiger partial charge on any atom is -0.497 e. The molecule has 0 bridgehead atoms. The summed E-state index contributed by atoms with van der Waals surface area (Å²) in [6.07, 6.45) is 2.59. The highest BCUT2D eigenvalue weighted by atomic mass is 16.5. The second kappa shape index (κ2) is 10.6. The van der Waals surface area contributed by atoms with Crippen LogP contribution < -0.4 is 4.74 Å². The minimum atomic E-state index is -0.461. The van der Waals surface area contributed by atoms with Crippen molar-refractivity contribution in [2.45, 2.75) is 45.3 Å². The molecule has 0 saturated carbocycles. The van der Waals surface area contributed by atoms with E-state index in [1.807, 2.05) is 35.2 Å². The maximum Gasteiger partial charge on any atom is 0.311 e. The van der Waals surface area contributed by atoms with Gasteiger partial charge in [0.25, 0.3) is 0 Å². The van der Waals surface area contributed by atoms with Crippen LogP contribution in [0.3, 0.4) is 0 Å². The predicted octanol–water partition coefficient (Wildman–Crippen LogP) is 4.39. The number of ether oxygens (including phenoxy) is 2. The number of esters is 1. The maximum absolute atomic E-state index is 13.1. The van der Waals surface area contributed by atoms with E-state index >= 15 is 0 Å². The Kier molecular flexibility index (Phi) is 7.66. The van der Waals surface area contributed by atoms with Gasteiger partial charge in [-0.2, -0.15) is 5.26 Å². The zero-order valence-corrected chi connectivity index (χ0v) is 18.0. The molecular formula is C25H28N2O4. The Morgan fingerprint density at radius 1 is 1.19 bits per heavy atom. The second-order valence-corrected chi connectivity index (χ2v) is 7.68. The van der Waals surface area contributed by atoms with E-state index in [1.54, 1.807) is 25.3 Å². The molecule has 1 aliphatic rings. The summed E-state index contributed by atoms with van der Waals surface area (Å²) in [6, 6.07) is 16.3. The second-order valence-electron chi connectivity index (χ2n) is 7.68. The largest absolute Gasteiger partial charge is 0.497 e. The van der Waals surface area contributed by atoms with Gasteiger partial charge in [0.2, 0.25) is 5.91 Å². The number of carbonyl (C=O) groups excluding carboxylic acids is 2. The summed E-state index contributed by atoms with van der Waals surface area (Å²) in [7, 11) is 1.60. The van der Waals surface area contributed by atoms with Gasteiger partial charge in [-0.25, -0.2) is 0 Å². The van der Waals surface area contributed by atoms with Crippen LogP contribution in [-0.4, -0.2) is 30.4 Å². The van der Waals surface area contributed by atoms with E-state index in [0.717, 1.165) is 24.2 Å². The Balaban J connectivity index is 1.85. The van der Waals surface area contributed by atoms with Gasteiger partial charge in [0.05, 0.1) is 30.7 Å². The fourth-order valence-electron chi connectivity index (χ4n) is 4.02. The van der Waals surface area contributed by atoms with Crippen LogP contribution >= 0.6 is 0 Å². The average Bonchev–Trinajstić information content (AvgIpc) is 2.81. The molecule has 162 valence electrons. The number of likely N-dealkylation sites (tertiary alicyclic amines) is 1. The summed E-state index contributed by atoms with van der Waals surface area (Å²) >= 11 is 0. The van der Waals surface area contributed by atoms with Gasteiger partial charge in [-0.1, -0.05) is 43.7 Å². The van der Waals surface area contributed by atoms with Gasteiger partial charge < -0.3 is 14.4 Å². The monoisotopic (exact) mass is 420 g/mol. The molecule has 0 N–H and O–H groups in total. The van der Waals surface area contributed by atoms with Crippen molar-refractivity contribution in [2.75, 3.05) is 13.7 Å². The Morgan fingerprint density at radius 2 is 1.94 bits per heavy atom. The molecule has 31 heavy (non-hydrogen) atoms. The first-order valence-electron chi connectivity index (χ1n) is 10.7. The number of methoxy groups -OCH3 is 1. The number of hydrogen-bond donors (Lipinski definition) is 0. The predicted molar refractivity (Wildman–Crippen MR) is 116 cm³/mol. The highest BCUT2D eigenvalue weighted by Gasteiger charge is 2.41. The summed E-state index contributed by atoms with van der Waals surface area (Å²) in [6.45, 7) is 2.72. The fourth-order valence-corrected chi connectivity index (χ4v) is 4.02. The number of piperidine rings is 1.